The normalized spacial score (nSPS) is 15.8. The molecule has 1 aliphatic rings. The van der Waals surface area contributed by atoms with Gasteiger partial charge in [0.25, 0.3) is 0 Å². The van der Waals surface area contributed by atoms with Crippen LogP contribution in [0.15, 0.2) is 36.9 Å². The summed E-state index contributed by atoms with van der Waals surface area (Å²) in [6.45, 7) is 1.52. The summed E-state index contributed by atoms with van der Waals surface area (Å²) >= 11 is 6.40. The van der Waals surface area contributed by atoms with Crippen LogP contribution in [-0.2, 0) is 4.79 Å². The summed E-state index contributed by atoms with van der Waals surface area (Å²) in [7, 11) is 0. The van der Waals surface area contributed by atoms with Crippen LogP contribution in [0.1, 0.15) is 12.8 Å². The van der Waals surface area contributed by atoms with Gasteiger partial charge < -0.3 is 10.6 Å². The molecule has 6 heteroatoms. The summed E-state index contributed by atoms with van der Waals surface area (Å²) in [4.78, 5) is 21.8. The molecule has 1 saturated heterocycles. The third-order valence-electron chi connectivity index (χ3n) is 4.08. The van der Waals surface area contributed by atoms with Gasteiger partial charge in [-0.3, -0.25) is 14.8 Å². The van der Waals surface area contributed by atoms with Crippen molar-refractivity contribution in [1.82, 2.24) is 9.97 Å². The minimum atomic E-state index is -0.213. The lowest BCUT2D eigenvalue weighted by molar-refractivity contribution is -0.122. The fraction of sp³-hybridized carbons (Fsp3) is 0.312. The van der Waals surface area contributed by atoms with Crippen molar-refractivity contribution in [2.75, 3.05) is 18.0 Å². The van der Waals surface area contributed by atoms with E-state index in [-0.39, 0.29) is 11.8 Å². The topological polar surface area (TPSA) is 72.1 Å². The Morgan fingerprint density at radius 1 is 1.18 bits per heavy atom. The first-order chi connectivity index (χ1) is 10.7. The van der Waals surface area contributed by atoms with E-state index in [0.29, 0.717) is 5.02 Å². The second kappa shape index (κ2) is 6.32. The minimum Gasteiger partial charge on any atom is -0.370 e. The fourth-order valence-electron chi connectivity index (χ4n) is 2.88. The number of nitrogens with two attached hydrogens (primary N) is 1. The van der Waals surface area contributed by atoms with E-state index >= 15 is 0 Å². The van der Waals surface area contributed by atoms with Gasteiger partial charge in [-0.15, -0.1) is 0 Å². The molecule has 0 atom stereocenters. The summed E-state index contributed by atoms with van der Waals surface area (Å²) in [5.41, 5.74) is 8.37. The molecule has 22 heavy (non-hydrogen) atoms. The van der Waals surface area contributed by atoms with Crippen molar-refractivity contribution in [3.63, 3.8) is 0 Å². The van der Waals surface area contributed by atoms with E-state index in [2.05, 4.69) is 14.9 Å². The zero-order valence-electron chi connectivity index (χ0n) is 12.1. The van der Waals surface area contributed by atoms with Crippen molar-refractivity contribution in [3.05, 3.63) is 41.9 Å². The molecule has 0 saturated carbocycles. The van der Waals surface area contributed by atoms with E-state index in [1.54, 1.807) is 18.6 Å². The highest BCUT2D eigenvalue weighted by Crippen LogP contribution is 2.37. The highest BCUT2D eigenvalue weighted by molar-refractivity contribution is 6.33. The Morgan fingerprint density at radius 2 is 1.86 bits per heavy atom. The monoisotopic (exact) mass is 316 g/mol. The van der Waals surface area contributed by atoms with Gasteiger partial charge in [-0.1, -0.05) is 11.6 Å². The largest absolute Gasteiger partial charge is 0.370 e. The maximum atomic E-state index is 11.3. The number of hydrogen-bond acceptors (Lipinski definition) is 4. The molecule has 0 bridgehead atoms. The van der Waals surface area contributed by atoms with Gasteiger partial charge >= 0.3 is 0 Å². The Kier molecular flexibility index (Phi) is 4.24. The number of nitrogens with zero attached hydrogens (tertiary/aromatic N) is 3. The van der Waals surface area contributed by atoms with Gasteiger partial charge in [-0.2, -0.15) is 0 Å². The Balaban J connectivity index is 1.93. The maximum Gasteiger partial charge on any atom is 0.220 e. The van der Waals surface area contributed by atoms with Gasteiger partial charge in [0, 0.05) is 49.4 Å². The molecule has 114 valence electrons. The molecule has 0 unspecified atom stereocenters. The summed E-state index contributed by atoms with van der Waals surface area (Å²) in [5, 5.41) is 0.617. The summed E-state index contributed by atoms with van der Waals surface area (Å²) < 4.78 is 0. The van der Waals surface area contributed by atoms with Crippen LogP contribution >= 0.6 is 11.6 Å². The lowest BCUT2D eigenvalue weighted by atomic mass is 9.95. The van der Waals surface area contributed by atoms with Gasteiger partial charge in [-0.25, -0.2) is 0 Å². The number of anilines is 1. The lowest BCUT2D eigenvalue weighted by Gasteiger charge is -2.34. The first kappa shape index (κ1) is 14.8. The van der Waals surface area contributed by atoms with Crippen molar-refractivity contribution in [2.24, 2.45) is 11.7 Å². The molecule has 2 aromatic heterocycles. The van der Waals surface area contributed by atoms with Crippen LogP contribution < -0.4 is 10.6 Å². The number of carbonyl (C=O) groups excluding carboxylic acids is 1. The molecule has 5 nitrogen and oxygen atoms in total. The predicted octanol–water partition coefficient (Wildman–Crippen LogP) is 2.50. The zero-order valence-corrected chi connectivity index (χ0v) is 12.8. The molecule has 1 amide bonds. The molecule has 0 aliphatic carbocycles. The smallest absolute Gasteiger partial charge is 0.220 e. The standard InChI is InChI=1S/C16H17ClN4O/c17-14-10-20-9-13(11-1-5-19-6-2-11)15(14)21-7-3-12(4-8-21)16(18)22/h1-2,5-6,9-10,12H,3-4,7-8H2,(H2,18,22). The van der Waals surface area contributed by atoms with E-state index in [1.165, 1.54) is 0 Å². The van der Waals surface area contributed by atoms with Crippen molar-refractivity contribution in [3.8, 4) is 11.1 Å². The second-order valence-electron chi connectivity index (χ2n) is 5.42. The van der Waals surface area contributed by atoms with Crippen molar-refractivity contribution < 1.29 is 4.79 Å². The van der Waals surface area contributed by atoms with Gasteiger partial charge in [0.05, 0.1) is 10.7 Å². The summed E-state index contributed by atoms with van der Waals surface area (Å²) in [6.07, 6.45) is 8.48. The van der Waals surface area contributed by atoms with E-state index in [1.807, 2.05) is 18.3 Å². The number of rotatable bonds is 3. The SMILES string of the molecule is NC(=O)C1CCN(c2c(Cl)cncc2-c2ccncc2)CC1. The molecule has 1 aliphatic heterocycles. The van der Waals surface area contributed by atoms with Crippen LogP contribution in [0.25, 0.3) is 11.1 Å². The quantitative estimate of drug-likeness (QED) is 0.944. The Morgan fingerprint density at radius 3 is 2.50 bits per heavy atom. The van der Waals surface area contributed by atoms with Crippen LogP contribution in [0.2, 0.25) is 5.02 Å². The van der Waals surface area contributed by atoms with E-state index in [9.17, 15) is 4.79 Å². The number of hydrogen-bond donors (Lipinski definition) is 1. The summed E-state index contributed by atoms with van der Waals surface area (Å²) in [6, 6.07) is 3.88. The molecule has 3 rings (SSSR count). The molecule has 0 radical (unpaired) electrons. The third-order valence-corrected chi connectivity index (χ3v) is 4.35. The average molecular weight is 317 g/mol. The van der Waals surface area contributed by atoms with Gasteiger partial charge in [0.1, 0.15) is 0 Å². The number of primary amides is 1. The molecule has 2 aromatic rings. The first-order valence-electron chi connectivity index (χ1n) is 7.25. The van der Waals surface area contributed by atoms with Crippen molar-refractivity contribution >= 4 is 23.2 Å². The van der Waals surface area contributed by atoms with E-state index in [4.69, 9.17) is 17.3 Å². The lowest BCUT2D eigenvalue weighted by Crippen LogP contribution is -2.38. The molecule has 2 N–H and O–H groups in total. The average Bonchev–Trinajstić information content (AvgIpc) is 2.55. The second-order valence-corrected chi connectivity index (χ2v) is 5.82. The van der Waals surface area contributed by atoms with Crippen molar-refractivity contribution in [2.45, 2.75) is 12.8 Å². The van der Waals surface area contributed by atoms with Crippen LogP contribution in [0.3, 0.4) is 0 Å². The molecular formula is C16H17ClN4O. The number of piperidine rings is 1. The Bertz CT molecular complexity index is 669. The Labute approximate surface area is 134 Å². The van der Waals surface area contributed by atoms with Crippen LogP contribution in [0, 0.1) is 5.92 Å². The van der Waals surface area contributed by atoms with E-state index < -0.39 is 0 Å². The number of pyridine rings is 2. The Hall–Kier alpha value is -2.14. The van der Waals surface area contributed by atoms with Crippen LogP contribution in [0.4, 0.5) is 5.69 Å². The summed E-state index contributed by atoms with van der Waals surface area (Å²) in [5.74, 6) is -0.254. The maximum absolute atomic E-state index is 11.3. The number of halogens is 1. The first-order valence-corrected chi connectivity index (χ1v) is 7.63. The zero-order chi connectivity index (χ0) is 15.5. The van der Waals surface area contributed by atoms with E-state index in [0.717, 1.165) is 42.7 Å². The predicted molar refractivity (Wildman–Crippen MR) is 86.6 cm³/mol. The number of amides is 1. The number of aromatic nitrogens is 2. The van der Waals surface area contributed by atoms with Crippen LogP contribution in [0.5, 0.6) is 0 Å². The highest BCUT2D eigenvalue weighted by atomic mass is 35.5. The van der Waals surface area contributed by atoms with Gasteiger partial charge in [0.15, 0.2) is 0 Å². The molecular weight excluding hydrogens is 300 g/mol. The highest BCUT2D eigenvalue weighted by Gasteiger charge is 2.26. The molecule has 3 heterocycles. The number of carbonyl (C=O) groups is 1. The van der Waals surface area contributed by atoms with Gasteiger partial charge in [-0.05, 0) is 30.5 Å². The molecule has 0 aromatic carbocycles. The van der Waals surface area contributed by atoms with Crippen molar-refractivity contribution in [1.29, 1.82) is 0 Å². The molecule has 0 spiro atoms. The molecule has 1 fully saturated rings. The fourth-order valence-corrected chi connectivity index (χ4v) is 3.16. The van der Waals surface area contributed by atoms with Gasteiger partial charge in [0.2, 0.25) is 5.91 Å². The van der Waals surface area contributed by atoms with Crippen LogP contribution in [-0.4, -0.2) is 29.0 Å². The third kappa shape index (κ3) is 2.90. The minimum absolute atomic E-state index is 0.0405.